The molecule has 0 fully saturated rings. The maximum Gasteiger partial charge on any atom is 0.339 e. The van der Waals surface area contributed by atoms with Crippen LogP contribution in [0.4, 0.5) is 0 Å². The van der Waals surface area contributed by atoms with Gasteiger partial charge in [-0.25, -0.2) is 0 Å². The Hall–Kier alpha value is 0.220. The third-order valence-electron chi connectivity index (χ3n) is 3.37. The first-order valence-electron chi connectivity index (χ1n) is 8.11. The fourth-order valence-electron chi connectivity index (χ4n) is 2.31. The van der Waals surface area contributed by atoms with E-state index < -0.39 is 15.2 Å². The second-order valence-electron chi connectivity index (χ2n) is 5.91. The molecular weight excluding hydrogens is 342 g/mol. The highest BCUT2D eigenvalue weighted by Gasteiger charge is 2.21. The van der Waals surface area contributed by atoms with E-state index in [1.807, 2.05) is 13.8 Å². The Bertz CT molecular complexity index is 362. The van der Waals surface area contributed by atoms with Gasteiger partial charge in [-0.1, -0.05) is 26.7 Å². The van der Waals surface area contributed by atoms with E-state index in [4.69, 9.17) is 19.6 Å². The predicted molar refractivity (Wildman–Crippen MR) is 91.4 cm³/mol. The predicted octanol–water partition coefficient (Wildman–Crippen LogP) is 1.85. The van der Waals surface area contributed by atoms with Gasteiger partial charge >= 0.3 is 15.2 Å². The molecule has 0 atom stereocenters. The Labute approximate surface area is 139 Å². The lowest BCUT2D eigenvalue weighted by Gasteiger charge is -2.26. The van der Waals surface area contributed by atoms with Gasteiger partial charge in [-0.15, -0.1) is 0 Å². The van der Waals surface area contributed by atoms with E-state index in [2.05, 4.69) is 0 Å². The van der Waals surface area contributed by atoms with Crippen molar-refractivity contribution in [2.75, 3.05) is 38.8 Å². The topological polar surface area (TPSA) is 122 Å². The Morgan fingerprint density at radius 3 is 1.22 bits per heavy atom. The molecule has 0 aromatic heterocycles. The minimum atomic E-state index is -4.09. The monoisotopic (exact) mass is 374 g/mol. The number of nitrogens with zero attached hydrogens (tertiary/aromatic N) is 2. The van der Waals surface area contributed by atoms with E-state index in [9.17, 15) is 9.13 Å². The molecule has 10 heteroatoms. The van der Waals surface area contributed by atoms with E-state index in [1.165, 1.54) is 0 Å². The van der Waals surface area contributed by atoms with Crippen LogP contribution in [0.5, 0.6) is 0 Å². The standard InChI is InChI=1S/C13H32N2O6P2/c1-3-5-8-14(12-22(16,17)18)10-7-11-15(9-6-4-2)13-23(19,20)21/h3-13H2,1-2H3,(H2,16,17,18)(H2,19,20,21). The molecule has 0 aliphatic carbocycles. The van der Waals surface area contributed by atoms with E-state index >= 15 is 0 Å². The third-order valence-corrected chi connectivity index (χ3v) is 4.91. The molecule has 8 nitrogen and oxygen atoms in total. The second-order valence-corrected chi connectivity index (χ2v) is 9.13. The quantitative estimate of drug-likeness (QED) is 0.340. The molecule has 0 rings (SSSR count). The van der Waals surface area contributed by atoms with Crippen molar-refractivity contribution in [3.63, 3.8) is 0 Å². The first kappa shape index (κ1) is 23.2. The maximum absolute atomic E-state index is 11.2. The van der Waals surface area contributed by atoms with Gasteiger partial charge in [0.2, 0.25) is 0 Å². The summed E-state index contributed by atoms with van der Waals surface area (Å²) in [5.74, 6) is 0. The highest BCUT2D eigenvalue weighted by atomic mass is 31.2. The summed E-state index contributed by atoms with van der Waals surface area (Å²) < 4.78 is 22.3. The SMILES string of the molecule is CCCCN(CCCN(CCCC)CP(=O)(O)O)CP(=O)(O)O. The van der Waals surface area contributed by atoms with Gasteiger partial charge < -0.3 is 19.6 Å². The van der Waals surface area contributed by atoms with Crippen LogP contribution in [-0.4, -0.2) is 68.1 Å². The van der Waals surface area contributed by atoms with Crippen molar-refractivity contribution < 1.29 is 28.7 Å². The van der Waals surface area contributed by atoms with Crippen LogP contribution in [0.25, 0.3) is 0 Å². The van der Waals surface area contributed by atoms with Crippen molar-refractivity contribution >= 4 is 15.2 Å². The summed E-state index contributed by atoms with van der Waals surface area (Å²) in [7, 11) is -8.18. The zero-order valence-corrected chi connectivity index (χ0v) is 16.0. The van der Waals surface area contributed by atoms with Crippen LogP contribution in [-0.2, 0) is 9.13 Å². The molecule has 0 unspecified atom stereocenters. The van der Waals surface area contributed by atoms with Crippen LogP contribution in [0, 0.1) is 0 Å². The third kappa shape index (κ3) is 15.5. The molecule has 0 aromatic rings. The average molecular weight is 374 g/mol. The van der Waals surface area contributed by atoms with Gasteiger partial charge in [0, 0.05) is 13.1 Å². The van der Waals surface area contributed by atoms with Crippen molar-refractivity contribution in [3.8, 4) is 0 Å². The van der Waals surface area contributed by atoms with Gasteiger partial charge in [0.25, 0.3) is 0 Å². The highest BCUT2D eigenvalue weighted by Crippen LogP contribution is 2.36. The zero-order chi connectivity index (χ0) is 17.9. The molecule has 0 spiro atoms. The number of hydrogen-bond acceptors (Lipinski definition) is 4. The van der Waals surface area contributed by atoms with Gasteiger partial charge in [0.15, 0.2) is 0 Å². The van der Waals surface area contributed by atoms with Crippen molar-refractivity contribution in [3.05, 3.63) is 0 Å². The molecule has 140 valence electrons. The van der Waals surface area contributed by atoms with Crippen LogP contribution in [0.2, 0.25) is 0 Å². The molecule has 0 radical (unpaired) electrons. The van der Waals surface area contributed by atoms with E-state index in [0.717, 1.165) is 25.7 Å². The summed E-state index contributed by atoms with van der Waals surface area (Å²) in [5, 5.41) is 0. The first-order valence-corrected chi connectivity index (χ1v) is 11.7. The molecular formula is C13H32N2O6P2. The summed E-state index contributed by atoms with van der Waals surface area (Å²) in [6.07, 6.45) is 3.70. The van der Waals surface area contributed by atoms with Gasteiger partial charge in [-0.2, -0.15) is 0 Å². The van der Waals surface area contributed by atoms with Gasteiger partial charge in [0.1, 0.15) is 12.6 Å². The summed E-state index contributed by atoms with van der Waals surface area (Å²) in [4.78, 5) is 40.0. The summed E-state index contributed by atoms with van der Waals surface area (Å²) in [5.41, 5.74) is 0. The van der Waals surface area contributed by atoms with Crippen LogP contribution >= 0.6 is 15.2 Å². The highest BCUT2D eigenvalue weighted by molar-refractivity contribution is 7.51. The number of unbranched alkanes of at least 4 members (excludes halogenated alkanes) is 2. The van der Waals surface area contributed by atoms with Crippen molar-refractivity contribution in [1.29, 1.82) is 0 Å². The molecule has 0 heterocycles. The minimum Gasteiger partial charge on any atom is -0.324 e. The molecule has 0 saturated heterocycles. The van der Waals surface area contributed by atoms with Gasteiger partial charge in [-0.3, -0.25) is 18.9 Å². The minimum absolute atomic E-state index is 0.263. The Kier molecular flexibility index (Phi) is 11.8. The van der Waals surface area contributed by atoms with Crippen LogP contribution < -0.4 is 0 Å². The lowest BCUT2D eigenvalue weighted by Crippen LogP contribution is -2.32. The summed E-state index contributed by atoms with van der Waals surface area (Å²) >= 11 is 0. The van der Waals surface area contributed by atoms with Gasteiger partial charge in [-0.05, 0) is 32.4 Å². The number of rotatable bonds is 14. The van der Waals surface area contributed by atoms with Crippen LogP contribution in [0.1, 0.15) is 46.0 Å². The largest absolute Gasteiger partial charge is 0.339 e. The van der Waals surface area contributed by atoms with E-state index in [0.29, 0.717) is 32.6 Å². The Morgan fingerprint density at radius 2 is 0.957 bits per heavy atom. The van der Waals surface area contributed by atoms with Crippen molar-refractivity contribution in [2.24, 2.45) is 0 Å². The zero-order valence-electron chi connectivity index (χ0n) is 14.2. The van der Waals surface area contributed by atoms with E-state index in [-0.39, 0.29) is 12.6 Å². The summed E-state index contributed by atoms with van der Waals surface area (Å²) in [6.45, 7) is 6.29. The molecule has 0 amide bonds. The molecule has 0 aromatic carbocycles. The van der Waals surface area contributed by atoms with Crippen LogP contribution in [0.15, 0.2) is 0 Å². The number of hydrogen-bond donors (Lipinski definition) is 4. The first-order chi connectivity index (χ1) is 10.6. The molecule has 4 N–H and O–H groups in total. The molecule has 0 aliphatic heterocycles. The van der Waals surface area contributed by atoms with Gasteiger partial charge in [0.05, 0.1) is 0 Å². The van der Waals surface area contributed by atoms with Crippen molar-refractivity contribution in [1.82, 2.24) is 9.80 Å². The second kappa shape index (κ2) is 11.7. The average Bonchev–Trinajstić information content (AvgIpc) is 2.38. The fourth-order valence-corrected chi connectivity index (χ4v) is 3.92. The lowest BCUT2D eigenvalue weighted by molar-refractivity contribution is 0.233. The summed E-state index contributed by atoms with van der Waals surface area (Å²) in [6, 6.07) is 0. The molecule has 0 bridgehead atoms. The molecule has 0 aliphatic rings. The normalized spacial score (nSPS) is 13.2. The van der Waals surface area contributed by atoms with E-state index in [1.54, 1.807) is 9.80 Å². The fraction of sp³-hybridized carbons (Fsp3) is 1.00. The molecule has 23 heavy (non-hydrogen) atoms. The molecule has 0 saturated carbocycles. The maximum atomic E-state index is 11.2. The lowest BCUT2D eigenvalue weighted by atomic mass is 10.3. The Balaban J connectivity index is 4.42. The Morgan fingerprint density at radius 1 is 0.652 bits per heavy atom. The smallest absolute Gasteiger partial charge is 0.324 e. The van der Waals surface area contributed by atoms with Crippen LogP contribution in [0.3, 0.4) is 0 Å². The van der Waals surface area contributed by atoms with Crippen molar-refractivity contribution in [2.45, 2.75) is 46.0 Å².